The zero-order valence-electron chi connectivity index (χ0n) is 6.52. The van der Waals surface area contributed by atoms with E-state index in [0.29, 0.717) is 0 Å². The summed E-state index contributed by atoms with van der Waals surface area (Å²) in [5.41, 5.74) is -0.818. The molecule has 0 unspecified atom stereocenters. The molecule has 0 aromatic carbocycles. The van der Waals surface area contributed by atoms with Crippen LogP contribution in [0.2, 0.25) is 5.15 Å². The van der Waals surface area contributed by atoms with Crippen LogP contribution in [0.5, 0.6) is 5.75 Å². The molecule has 2 nitrogen and oxygen atoms in total. The van der Waals surface area contributed by atoms with Gasteiger partial charge in [0.2, 0.25) is 5.95 Å². The number of ether oxygens (including phenoxy) is 1. The van der Waals surface area contributed by atoms with Crippen LogP contribution in [-0.4, -0.2) is 12.1 Å². The van der Waals surface area contributed by atoms with Gasteiger partial charge in [-0.25, -0.2) is 13.8 Å². The van der Waals surface area contributed by atoms with Gasteiger partial charge in [0, 0.05) is 0 Å². The molecule has 0 atom stereocenters. The number of pyridine rings is 1. The Morgan fingerprint density at radius 3 is 2.62 bits per heavy atom. The van der Waals surface area contributed by atoms with Crippen molar-refractivity contribution < 1.29 is 17.9 Å². The van der Waals surface area contributed by atoms with Crippen LogP contribution in [0.4, 0.5) is 13.2 Å². The minimum absolute atomic E-state index is 0.0710. The molecule has 1 heterocycles. The van der Waals surface area contributed by atoms with Crippen molar-refractivity contribution in [1.82, 2.24) is 4.98 Å². The maximum atomic E-state index is 12.7. The fourth-order valence-corrected chi connectivity index (χ4v) is 0.968. The lowest BCUT2D eigenvalue weighted by Gasteiger charge is -2.05. The average molecular weight is 212 g/mol. The van der Waals surface area contributed by atoms with Gasteiger partial charge in [0.05, 0.1) is 12.7 Å². The molecular weight excluding hydrogens is 207 g/mol. The third-order valence-electron chi connectivity index (χ3n) is 1.38. The molecular formula is C7H5ClF3NO. The second-order valence-corrected chi connectivity index (χ2v) is 2.52. The topological polar surface area (TPSA) is 22.1 Å². The molecule has 13 heavy (non-hydrogen) atoms. The molecule has 72 valence electrons. The van der Waals surface area contributed by atoms with Crippen molar-refractivity contribution in [2.24, 2.45) is 0 Å². The predicted octanol–water partition coefficient (Wildman–Crippen LogP) is 2.82. The van der Waals surface area contributed by atoms with Crippen molar-refractivity contribution in [1.29, 1.82) is 0 Å². The minimum atomic E-state index is -2.93. The fourth-order valence-electron chi connectivity index (χ4n) is 0.762. The molecule has 1 rings (SSSR count). The molecule has 0 saturated heterocycles. The molecule has 0 amide bonds. The Hall–Kier alpha value is -0.970. The van der Waals surface area contributed by atoms with Crippen LogP contribution in [0.1, 0.15) is 12.0 Å². The first-order valence-corrected chi connectivity index (χ1v) is 3.62. The van der Waals surface area contributed by atoms with E-state index in [0.717, 1.165) is 6.07 Å². The number of aromatic nitrogens is 1. The molecule has 0 aliphatic heterocycles. The zero-order valence-corrected chi connectivity index (χ0v) is 7.28. The van der Waals surface area contributed by atoms with Crippen LogP contribution in [0, 0.1) is 5.95 Å². The Balaban J connectivity index is 3.22. The highest BCUT2D eigenvalue weighted by Crippen LogP contribution is 2.29. The first kappa shape index (κ1) is 10.1. The Bertz CT molecular complexity index is 319. The van der Waals surface area contributed by atoms with Gasteiger partial charge in [-0.15, -0.1) is 0 Å². The number of hydrogen-bond acceptors (Lipinski definition) is 2. The first-order chi connectivity index (χ1) is 6.06. The standard InChI is InChI=1S/C7H5ClF3NO/c1-13-4-2-3(6(9)10)7(11)12-5(4)8/h2,6H,1H3. The molecule has 0 N–H and O–H groups in total. The highest BCUT2D eigenvalue weighted by atomic mass is 35.5. The van der Waals surface area contributed by atoms with Crippen LogP contribution < -0.4 is 4.74 Å². The SMILES string of the molecule is COc1cc(C(F)F)c(F)nc1Cl. The number of nitrogens with zero attached hydrogens (tertiary/aromatic N) is 1. The molecule has 0 spiro atoms. The van der Waals surface area contributed by atoms with Gasteiger partial charge in [-0.2, -0.15) is 4.39 Å². The van der Waals surface area contributed by atoms with Crippen LogP contribution in [0.25, 0.3) is 0 Å². The van der Waals surface area contributed by atoms with Crippen molar-refractivity contribution >= 4 is 11.6 Å². The lowest BCUT2D eigenvalue weighted by atomic mass is 10.3. The molecule has 1 aromatic heterocycles. The summed E-state index contributed by atoms with van der Waals surface area (Å²) in [6.07, 6.45) is -2.93. The van der Waals surface area contributed by atoms with Gasteiger partial charge in [0.25, 0.3) is 6.43 Å². The van der Waals surface area contributed by atoms with Gasteiger partial charge in [0.15, 0.2) is 10.9 Å². The van der Waals surface area contributed by atoms with Crippen LogP contribution in [0.15, 0.2) is 6.07 Å². The maximum Gasteiger partial charge on any atom is 0.268 e. The summed E-state index contributed by atoms with van der Waals surface area (Å²) in [6, 6.07) is 0.829. The van der Waals surface area contributed by atoms with Crippen molar-refractivity contribution in [3.63, 3.8) is 0 Å². The summed E-state index contributed by atoms with van der Waals surface area (Å²) in [5.74, 6) is -1.35. The van der Waals surface area contributed by atoms with Crippen molar-refractivity contribution in [3.05, 3.63) is 22.7 Å². The van der Waals surface area contributed by atoms with E-state index in [2.05, 4.69) is 9.72 Å². The van der Waals surface area contributed by atoms with Gasteiger partial charge in [-0.3, -0.25) is 0 Å². The monoisotopic (exact) mass is 211 g/mol. The van der Waals surface area contributed by atoms with Crippen molar-refractivity contribution in [2.45, 2.75) is 6.43 Å². The predicted molar refractivity (Wildman–Crippen MR) is 40.7 cm³/mol. The summed E-state index contributed by atoms with van der Waals surface area (Å²) >= 11 is 5.39. The summed E-state index contributed by atoms with van der Waals surface area (Å²) in [6.45, 7) is 0. The Morgan fingerprint density at radius 2 is 2.15 bits per heavy atom. The van der Waals surface area contributed by atoms with Gasteiger partial charge >= 0.3 is 0 Å². The molecule has 0 aliphatic rings. The second kappa shape index (κ2) is 3.83. The first-order valence-electron chi connectivity index (χ1n) is 3.24. The average Bonchev–Trinajstić information content (AvgIpc) is 2.03. The highest BCUT2D eigenvalue weighted by Gasteiger charge is 2.18. The third-order valence-corrected chi connectivity index (χ3v) is 1.65. The molecule has 0 fully saturated rings. The van der Waals surface area contributed by atoms with Crippen molar-refractivity contribution in [3.8, 4) is 5.75 Å². The van der Waals surface area contributed by atoms with E-state index in [4.69, 9.17) is 11.6 Å². The number of halogens is 4. The number of hydrogen-bond donors (Lipinski definition) is 0. The Labute approximate surface area is 77.3 Å². The fraction of sp³-hybridized carbons (Fsp3) is 0.286. The second-order valence-electron chi connectivity index (χ2n) is 2.16. The van der Waals surface area contributed by atoms with Gasteiger partial charge in [-0.1, -0.05) is 11.6 Å². The van der Waals surface area contributed by atoms with E-state index >= 15 is 0 Å². The van der Waals surface area contributed by atoms with Gasteiger partial charge in [-0.05, 0) is 6.07 Å². The largest absolute Gasteiger partial charge is 0.494 e. The Kier molecular flexibility index (Phi) is 2.98. The van der Waals surface area contributed by atoms with Crippen LogP contribution >= 0.6 is 11.6 Å². The smallest absolute Gasteiger partial charge is 0.268 e. The van der Waals surface area contributed by atoms with Gasteiger partial charge in [0.1, 0.15) is 0 Å². The third kappa shape index (κ3) is 2.03. The van der Waals surface area contributed by atoms with Crippen LogP contribution in [0.3, 0.4) is 0 Å². The molecule has 0 aliphatic carbocycles. The summed E-state index contributed by atoms with van der Waals surface area (Å²) in [4.78, 5) is 3.06. The molecule has 1 aromatic rings. The normalized spacial score (nSPS) is 10.6. The molecule has 0 saturated carbocycles. The quantitative estimate of drug-likeness (QED) is 0.702. The van der Waals surface area contributed by atoms with E-state index in [1.807, 2.05) is 0 Å². The lowest BCUT2D eigenvalue weighted by molar-refractivity contribution is 0.144. The van der Waals surface area contributed by atoms with Gasteiger partial charge < -0.3 is 4.74 Å². The Morgan fingerprint density at radius 1 is 1.54 bits per heavy atom. The minimum Gasteiger partial charge on any atom is -0.494 e. The lowest BCUT2D eigenvalue weighted by Crippen LogP contribution is -1.97. The molecule has 0 radical (unpaired) electrons. The molecule has 0 bridgehead atoms. The summed E-state index contributed by atoms with van der Waals surface area (Å²) in [5, 5.41) is -0.274. The number of alkyl halides is 2. The maximum absolute atomic E-state index is 12.7. The summed E-state index contributed by atoms with van der Waals surface area (Å²) in [7, 11) is 1.23. The van der Waals surface area contributed by atoms with E-state index in [9.17, 15) is 13.2 Å². The van der Waals surface area contributed by atoms with E-state index in [1.54, 1.807) is 0 Å². The summed E-state index contributed by atoms with van der Waals surface area (Å²) < 4.78 is 41.5. The zero-order chi connectivity index (χ0) is 10.0. The van der Waals surface area contributed by atoms with E-state index in [-0.39, 0.29) is 10.9 Å². The van der Waals surface area contributed by atoms with Crippen LogP contribution in [-0.2, 0) is 0 Å². The van der Waals surface area contributed by atoms with E-state index in [1.165, 1.54) is 7.11 Å². The number of rotatable bonds is 2. The molecule has 6 heteroatoms. The van der Waals surface area contributed by atoms with E-state index < -0.39 is 17.9 Å². The highest BCUT2D eigenvalue weighted by molar-refractivity contribution is 6.30. The number of methoxy groups -OCH3 is 1. The van der Waals surface area contributed by atoms with Crippen molar-refractivity contribution in [2.75, 3.05) is 7.11 Å².